The fourth-order valence-electron chi connectivity index (χ4n) is 3.85. The number of esters is 1. The van der Waals surface area contributed by atoms with E-state index in [1.54, 1.807) is 24.3 Å². The van der Waals surface area contributed by atoms with Crippen molar-refractivity contribution in [2.45, 2.75) is 31.3 Å². The Labute approximate surface area is 204 Å². The maximum absolute atomic E-state index is 13.4. The van der Waals surface area contributed by atoms with Gasteiger partial charge in [-0.2, -0.15) is 0 Å². The normalized spacial score (nSPS) is 13.6. The summed E-state index contributed by atoms with van der Waals surface area (Å²) in [5.74, 6) is -1.24. The lowest BCUT2D eigenvalue weighted by atomic mass is 10.2. The molecule has 9 heteroatoms. The number of para-hydroxylation sites is 1. The van der Waals surface area contributed by atoms with Crippen molar-refractivity contribution in [2.75, 3.05) is 23.3 Å². The number of fused-ring (bicyclic) bond motifs is 1. The molecule has 3 aromatic carbocycles. The topological polar surface area (TPSA) is 102 Å². The van der Waals surface area contributed by atoms with Crippen molar-refractivity contribution in [3.8, 4) is 5.75 Å². The SMILES string of the molecule is COc1ccc(S(=O)(=O)N2CCc3ccccc32)cc1C(=O)O[C@H](C)C(=O)Nc1ccc(C)cc1. The summed E-state index contributed by atoms with van der Waals surface area (Å²) in [4.78, 5) is 25.4. The van der Waals surface area contributed by atoms with Crippen LogP contribution in [0.5, 0.6) is 5.75 Å². The standard InChI is InChI=1S/C26H26N2O6S/c1-17-8-10-20(11-9-17)27-25(29)18(2)34-26(30)22-16-21(12-13-24(22)33-3)35(31,32)28-15-14-19-6-4-5-7-23(19)28/h4-13,16,18H,14-15H2,1-3H3,(H,27,29)/t18-/m1/s1. The van der Waals surface area contributed by atoms with Crippen LogP contribution in [0.25, 0.3) is 0 Å². The fourth-order valence-corrected chi connectivity index (χ4v) is 5.38. The Balaban J connectivity index is 1.55. The van der Waals surface area contributed by atoms with Gasteiger partial charge in [0.05, 0.1) is 17.7 Å². The number of nitrogens with one attached hydrogen (secondary N) is 1. The number of benzene rings is 3. The predicted octanol–water partition coefficient (Wildman–Crippen LogP) is 3.94. The fraction of sp³-hybridized carbons (Fsp3) is 0.231. The number of aryl methyl sites for hydroxylation is 1. The number of hydrogen-bond acceptors (Lipinski definition) is 6. The largest absolute Gasteiger partial charge is 0.496 e. The molecule has 182 valence electrons. The predicted molar refractivity (Wildman–Crippen MR) is 132 cm³/mol. The maximum atomic E-state index is 13.4. The number of nitrogens with zero attached hydrogens (tertiary/aromatic N) is 1. The third-order valence-corrected chi connectivity index (χ3v) is 7.60. The van der Waals surface area contributed by atoms with Crippen LogP contribution in [0.4, 0.5) is 11.4 Å². The van der Waals surface area contributed by atoms with Gasteiger partial charge in [0.25, 0.3) is 15.9 Å². The second-order valence-electron chi connectivity index (χ2n) is 8.22. The zero-order valence-corrected chi connectivity index (χ0v) is 20.5. The molecular weight excluding hydrogens is 468 g/mol. The second-order valence-corrected chi connectivity index (χ2v) is 10.1. The first-order valence-corrected chi connectivity index (χ1v) is 12.5. The average Bonchev–Trinajstić information content (AvgIpc) is 3.30. The van der Waals surface area contributed by atoms with Crippen LogP contribution in [-0.4, -0.2) is 40.1 Å². The van der Waals surface area contributed by atoms with Crippen LogP contribution in [0.2, 0.25) is 0 Å². The number of hydrogen-bond donors (Lipinski definition) is 1. The molecule has 0 aliphatic carbocycles. The van der Waals surface area contributed by atoms with Gasteiger partial charge < -0.3 is 14.8 Å². The van der Waals surface area contributed by atoms with Gasteiger partial charge in [0.2, 0.25) is 0 Å². The Kier molecular flexibility index (Phi) is 6.79. The minimum Gasteiger partial charge on any atom is -0.496 e. The van der Waals surface area contributed by atoms with Crippen molar-refractivity contribution in [2.24, 2.45) is 0 Å². The summed E-state index contributed by atoms with van der Waals surface area (Å²) in [5.41, 5.74) is 3.09. The Hall–Kier alpha value is -3.85. The highest BCUT2D eigenvalue weighted by atomic mass is 32.2. The molecule has 1 N–H and O–H groups in total. The number of ether oxygens (including phenoxy) is 2. The van der Waals surface area contributed by atoms with Gasteiger partial charge in [0.1, 0.15) is 11.3 Å². The van der Waals surface area contributed by atoms with Crippen LogP contribution in [0.15, 0.2) is 71.6 Å². The Morgan fingerprint density at radius 2 is 1.74 bits per heavy atom. The van der Waals surface area contributed by atoms with Crippen molar-refractivity contribution < 1.29 is 27.5 Å². The summed E-state index contributed by atoms with van der Waals surface area (Å²) in [5, 5.41) is 2.69. The van der Waals surface area contributed by atoms with E-state index in [0.29, 0.717) is 24.3 Å². The van der Waals surface area contributed by atoms with Crippen LogP contribution >= 0.6 is 0 Å². The van der Waals surface area contributed by atoms with E-state index in [9.17, 15) is 18.0 Å². The molecule has 3 aromatic rings. The summed E-state index contributed by atoms with van der Waals surface area (Å²) < 4.78 is 38.7. The van der Waals surface area contributed by atoms with Crippen LogP contribution in [-0.2, 0) is 26.0 Å². The lowest BCUT2D eigenvalue weighted by Crippen LogP contribution is -2.31. The minimum absolute atomic E-state index is 0.0706. The number of anilines is 2. The molecule has 0 saturated carbocycles. The number of rotatable bonds is 7. The molecule has 1 aliphatic heterocycles. The lowest BCUT2D eigenvalue weighted by Gasteiger charge is -2.20. The smallest absolute Gasteiger partial charge is 0.342 e. The van der Waals surface area contributed by atoms with Gasteiger partial charge in [0.15, 0.2) is 6.10 Å². The first kappa shape index (κ1) is 24.3. The van der Waals surface area contributed by atoms with E-state index in [2.05, 4.69) is 5.32 Å². The van der Waals surface area contributed by atoms with Gasteiger partial charge in [0, 0.05) is 12.2 Å². The van der Waals surface area contributed by atoms with Gasteiger partial charge in [-0.1, -0.05) is 35.9 Å². The van der Waals surface area contributed by atoms with E-state index in [1.807, 2.05) is 31.2 Å². The Morgan fingerprint density at radius 3 is 2.46 bits per heavy atom. The van der Waals surface area contributed by atoms with Crippen LogP contribution in [0.3, 0.4) is 0 Å². The molecule has 35 heavy (non-hydrogen) atoms. The van der Waals surface area contributed by atoms with Gasteiger partial charge in [-0.15, -0.1) is 0 Å². The third-order valence-electron chi connectivity index (χ3n) is 5.80. The average molecular weight is 495 g/mol. The van der Waals surface area contributed by atoms with Gasteiger partial charge >= 0.3 is 5.97 Å². The van der Waals surface area contributed by atoms with E-state index in [1.165, 1.54) is 36.5 Å². The molecule has 1 aliphatic rings. The first-order valence-electron chi connectivity index (χ1n) is 11.1. The zero-order chi connectivity index (χ0) is 25.2. The van der Waals surface area contributed by atoms with Crippen molar-refractivity contribution in [3.05, 3.63) is 83.4 Å². The zero-order valence-electron chi connectivity index (χ0n) is 19.6. The molecule has 8 nitrogen and oxygen atoms in total. The quantitative estimate of drug-likeness (QED) is 0.499. The lowest BCUT2D eigenvalue weighted by molar-refractivity contribution is -0.123. The van der Waals surface area contributed by atoms with Crippen molar-refractivity contribution in [1.29, 1.82) is 0 Å². The second kappa shape index (κ2) is 9.79. The Bertz CT molecular complexity index is 1370. The van der Waals surface area contributed by atoms with E-state index in [0.717, 1.165) is 11.1 Å². The van der Waals surface area contributed by atoms with Crippen molar-refractivity contribution in [3.63, 3.8) is 0 Å². The van der Waals surface area contributed by atoms with Crippen molar-refractivity contribution in [1.82, 2.24) is 0 Å². The third kappa shape index (κ3) is 5.00. The molecule has 4 rings (SSSR count). The molecule has 0 radical (unpaired) electrons. The van der Waals surface area contributed by atoms with E-state index < -0.39 is 28.0 Å². The molecule has 0 saturated heterocycles. The molecule has 0 fully saturated rings. The summed E-state index contributed by atoms with van der Waals surface area (Å²) in [7, 11) is -2.57. The number of carbonyl (C=O) groups excluding carboxylic acids is 2. The van der Waals surface area contributed by atoms with E-state index in [4.69, 9.17) is 9.47 Å². The number of methoxy groups -OCH3 is 1. The maximum Gasteiger partial charge on any atom is 0.342 e. The van der Waals surface area contributed by atoms with Crippen LogP contribution in [0, 0.1) is 6.92 Å². The molecule has 0 bridgehead atoms. The minimum atomic E-state index is -3.93. The first-order chi connectivity index (χ1) is 16.7. The molecule has 1 heterocycles. The van der Waals surface area contributed by atoms with Crippen LogP contribution in [0.1, 0.15) is 28.4 Å². The summed E-state index contributed by atoms with van der Waals surface area (Å²) >= 11 is 0. The molecule has 0 spiro atoms. The molecule has 1 amide bonds. The number of amides is 1. The highest BCUT2D eigenvalue weighted by Gasteiger charge is 2.32. The van der Waals surface area contributed by atoms with E-state index >= 15 is 0 Å². The van der Waals surface area contributed by atoms with Crippen molar-refractivity contribution >= 4 is 33.3 Å². The Morgan fingerprint density at radius 1 is 1.03 bits per heavy atom. The summed E-state index contributed by atoms with van der Waals surface area (Å²) in [6.45, 7) is 3.68. The highest BCUT2D eigenvalue weighted by molar-refractivity contribution is 7.92. The molecular formula is C26H26N2O6S. The van der Waals surface area contributed by atoms with Gasteiger partial charge in [-0.3, -0.25) is 9.10 Å². The monoisotopic (exact) mass is 494 g/mol. The summed E-state index contributed by atoms with van der Waals surface area (Å²) in [6, 6.07) is 18.5. The van der Waals surface area contributed by atoms with Gasteiger partial charge in [-0.05, 0) is 62.2 Å². The molecule has 0 unspecified atom stereocenters. The summed E-state index contributed by atoms with van der Waals surface area (Å²) in [6.07, 6.45) is -0.520. The van der Waals surface area contributed by atoms with Crippen LogP contribution < -0.4 is 14.4 Å². The molecule has 1 atom stereocenters. The van der Waals surface area contributed by atoms with E-state index in [-0.39, 0.29) is 16.2 Å². The number of sulfonamides is 1. The molecule has 0 aromatic heterocycles. The number of carbonyl (C=O) groups is 2. The highest BCUT2D eigenvalue weighted by Crippen LogP contribution is 2.34. The van der Waals surface area contributed by atoms with Gasteiger partial charge in [-0.25, -0.2) is 13.2 Å².